The summed E-state index contributed by atoms with van der Waals surface area (Å²) in [6, 6.07) is 6.27. The normalized spacial score (nSPS) is 25.9. The zero-order valence-electron chi connectivity index (χ0n) is 11.4. The first-order valence-electron chi connectivity index (χ1n) is 7.04. The molecular formula is C15H21N3O. The minimum absolute atomic E-state index is 0.110. The SMILES string of the molecule is Cc1cccc2c1NC(C(=O)N1CCCC(N)C1)C2. The second kappa shape index (κ2) is 4.85. The van der Waals surface area contributed by atoms with E-state index in [4.69, 9.17) is 5.73 Å². The number of hydrogen-bond donors (Lipinski definition) is 2. The molecular weight excluding hydrogens is 238 g/mol. The molecule has 1 aromatic carbocycles. The largest absolute Gasteiger partial charge is 0.373 e. The summed E-state index contributed by atoms with van der Waals surface area (Å²) >= 11 is 0. The van der Waals surface area contributed by atoms with Crippen molar-refractivity contribution in [3.05, 3.63) is 29.3 Å². The van der Waals surface area contributed by atoms with Crippen LogP contribution >= 0.6 is 0 Å². The maximum absolute atomic E-state index is 12.5. The molecule has 2 aliphatic rings. The van der Waals surface area contributed by atoms with Gasteiger partial charge in [-0.05, 0) is 30.9 Å². The minimum atomic E-state index is -0.110. The first kappa shape index (κ1) is 12.5. The summed E-state index contributed by atoms with van der Waals surface area (Å²) in [6.07, 6.45) is 2.84. The fraction of sp³-hybridized carbons (Fsp3) is 0.533. The monoisotopic (exact) mass is 259 g/mol. The number of anilines is 1. The Morgan fingerprint density at radius 2 is 2.32 bits per heavy atom. The fourth-order valence-corrected chi connectivity index (χ4v) is 3.13. The number of carbonyl (C=O) groups is 1. The van der Waals surface area contributed by atoms with Crippen molar-refractivity contribution < 1.29 is 4.79 Å². The number of amides is 1. The zero-order chi connectivity index (χ0) is 13.4. The van der Waals surface area contributed by atoms with Crippen molar-refractivity contribution in [3.8, 4) is 0 Å². The van der Waals surface area contributed by atoms with Gasteiger partial charge in [-0.1, -0.05) is 18.2 Å². The van der Waals surface area contributed by atoms with Crippen molar-refractivity contribution in [2.75, 3.05) is 18.4 Å². The van der Waals surface area contributed by atoms with E-state index >= 15 is 0 Å². The van der Waals surface area contributed by atoms with Gasteiger partial charge in [0.05, 0.1) is 0 Å². The molecule has 2 atom stereocenters. The smallest absolute Gasteiger partial charge is 0.245 e. The Morgan fingerprint density at radius 3 is 3.05 bits per heavy atom. The lowest BCUT2D eigenvalue weighted by molar-refractivity contribution is -0.133. The molecule has 0 radical (unpaired) electrons. The van der Waals surface area contributed by atoms with Crippen LogP contribution in [0.2, 0.25) is 0 Å². The molecule has 2 heterocycles. The third kappa shape index (κ3) is 2.32. The molecule has 0 aromatic heterocycles. The molecule has 19 heavy (non-hydrogen) atoms. The van der Waals surface area contributed by atoms with Gasteiger partial charge >= 0.3 is 0 Å². The standard InChI is InChI=1S/C15H21N3O/c1-10-4-2-5-11-8-13(17-14(10)11)15(19)18-7-3-6-12(16)9-18/h2,4-5,12-13,17H,3,6-9,16H2,1H3. The van der Waals surface area contributed by atoms with E-state index in [9.17, 15) is 4.79 Å². The predicted octanol–water partition coefficient (Wildman–Crippen LogP) is 1.28. The van der Waals surface area contributed by atoms with Gasteiger partial charge in [0, 0.05) is 31.2 Å². The number of rotatable bonds is 1. The molecule has 4 heteroatoms. The molecule has 0 saturated carbocycles. The highest BCUT2D eigenvalue weighted by molar-refractivity contribution is 5.88. The number of nitrogens with zero attached hydrogens (tertiary/aromatic N) is 1. The first-order chi connectivity index (χ1) is 9.15. The summed E-state index contributed by atoms with van der Waals surface area (Å²) in [6.45, 7) is 3.63. The average Bonchev–Trinajstić information content (AvgIpc) is 2.83. The summed E-state index contributed by atoms with van der Waals surface area (Å²) in [5.74, 6) is 0.200. The van der Waals surface area contributed by atoms with Crippen LogP contribution < -0.4 is 11.1 Å². The van der Waals surface area contributed by atoms with E-state index in [0.29, 0.717) is 6.54 Å². The molecule has 2 unspecified atom stereocenters. The summed E-state index contributed by atoms with van der Waals surface area (Å²) in [5.41, 5.74) is 9.56. The highest BCUT2D eigenvalue weighted by atomic mass is 16.2. The van der Waals surface area contributed by atoms with Crippen molar-refractivity contribution in [2.24, 2.45) is 5.73 Å². The number of nitrogens with one attached hydrogen (secondary N) is 1. The molecule has 102 valence electrons. The van der Waals surface area contributed by atoms with Gasteiger partial charge in [0.15, 0.2) is 0 Å². The lowest BCUT2D eigenvalue weighted by Gasteiger charge is -2.32. The van der Waals surface area contributed by atoms with Crippen LogP contribution in [0.3, 0.4) is 0 Å². The molecule has 0 spiro atoms. The van der Waals surface area contributed by atoms with Crippen LogP contribution in [0, 0.1) is 6.92 Å². The average molecular weight is 259 g/mol. The van der Waals surface area contributed by atoms with Crippen LogP contribution in [0.5, 0.6) is 0 Å². The Hall–Kier alpha value is -1.55. The number of piperidine rings is 1. The maximum atomic E-state index is 12.5. The van der Waals surface area contributed by atoms with Gasteiger partial charge in [0.1, 0.15) is 6.04 Å². The van der Waals surface area contributed by atoms with Crippen LogP contribution in [-0.4, -0.2) is 36.0 Å². The zero-order valence-corrected chi connectivity index (χ0v) is 11.4. The number of hydrogen-bond acceptors (Lipinski definition) is 3. The number of carbonyl (C=O) groups excluding carboxylic acids is 1. The molecule has 1 fully saturated rings. The lowest BCUT2D eigenvalue weighted by Crippen LogP contribution is -2.50. The third-order valence-electron chi connectivity index (χ3n) is 4.17. The van der Waals surface area contributed by atoms with Crippen molar-refractivity contribution in [1.29, 1.82) is 0 Å². The van der Waals surface area contributed by atoms with E-state index in [0.717, 1.165) is 31.5 Å². The van der Waals surface area contributed by atoms with E-state index in [-0.39, 0.29) is 18.0 Å². The maximum Gasteiger partial charge on any atom is 0.245 e. The quantitative estimate of drug-likeness (QED) is 0.799. The minimum Gasteiger partial charge on any atom is -0.373 e. The molecule has 2 aliphatic heterocycles. The third-order valence-corrected chi connectivity index (χ3v) is 4.17. The van der Waals surface area contributed by atoms with Gasteiger partial charge in [0.2, 0.25) is 5.91 Å². The van der Waals surface area contributed by atoms with Crippen molar-refractivity contribution in [3.63, 3.8) is 0 Å². The summed E-state index contributed by atoms with van der Waals surface area (Å²) in [5, 5.41) is 3.38. The number of fused-ring (bicyclic) bond motifs is 1. The Morgan fingerprint density at radius 1 is 1.47 bits per heavy atom. The van der Waals surface area contributed by atoms with E-state index in [1.807, 2.05) is 4.90 Å². The van der Waals surface area contributed by atoms with E-state index in [1.54, 1.807) is 0 Å². The second-order valence-electron chi connectivity index (χ2n) is 5.70. The highest BCUT2D eigenvalue weighted by Crippen LogP contribution is 2.30. The van der Waals surface area contributed by atoms with E-state index in [2.05, 4.69) is 30.4 Å². The van der Waals surface area contributed by atoms with E-state index < -0.39 is 0 Å². The molecule has 0 aliphatic carbocycles. The summed E-state index contributed by atoms with van der Waals surface area (Å²) < 4.78 is 0. The molecule has 3 rings (SSSR count). The van der Waals surface area contributed by atoms with Crippen molar-refractivity contribution in [1.82, 2.24) is 4.90 Å². The Balaban J connectivity index is 1.72. The van der Waals surface area contributed by atoms with Gasteiger partial charge < -0.3 is 16.0 Å². The van der Waals surface area contributed by atoms with Crippen molar-refractivity contribution >= 4 is 11.6 Å². The number of likely N-dealkylation sites (tertiary alicyclic amines) is 1. The van der Waals surface area contributed by atoms with E-state index in [1.165, 1.54) is 11.1 Å². The first-order valence-corrected chi connectivity index (χ1v) is 7.04. The van der Waals surface area contributed by atoms with Crippen LogP contribution in [0.25, 0.3) is 0 Å². The Bertz CT molecular complexity index is 500. The van der Waals surface area contributed by atoms with Crippen LogP contribution in [0.15, 0.2) is 18.2 Å². The van der Waals surface area contributed by atoms with Crippen LogP contribution in [0.1, 0.15) is 24.0 Å². The van der Waals surface area contributed by atoms with Gasteiger partial charge in [-0.15, -0.1) is 0 Å². The fourth-order valence-electron chi connectivity index (χ4n) is 3.13. The number of para-hydroxylation sites is 1. The Kier molecular flexibility index (Phi) is 3.19. The lowest BCUT2D eigenvalue weighted by atomic mass is 10.0. The molecule has 1 aromatic rings. The summed E-state index contributed by atoms with van der Waals surface area (Å²) in [7, 11) is 0. The number of nitrogens with two attached hydrogens (primary N) is 1. The van der Waals surface area contributed by atoms with Crippen LogP contribution in [0.4, 0.5) is 5.69 Å². The van der Waals surface area contributed by atoms with Gasteiger partial charge in [-0.3, -0.25) is 4.79 Å². The number of benzene rings is 1. The molecule has 3 N–H and O–H groups in total. The molecule has 1 saturated heterocycles. The number of aryl methyl sites for hydroxylation is 1. The van der Waals surface area contributed by atoms with Gasteiger partial charge in [-0.25, -0.2) is 0 Å². The highest BCUT2D eigenvalue weighted by Gasteiger charge is 2.32. The van der Waals surface area contributed by atoms with Gasteiger partial charge in [-0.2, -0.15) is 0 Å². The van der Waals surface area contributed by atoms with Gasteiger partial charge in [0.25, 0.3) is 0 Å². The predicted molar refractivity (Wildman–Crippen MR) is 76.1 cm³/mol. The molecule has 4 nitrogen and oxygen atoms in total. The topological polar surface area (TPSA) is 58.4 Å². The molecule has 1 amide bonds. The van der Waals surface area contributed by atoms with Crippen molar-refractivity contribution in [2.45, 2.75) is 38.3 Å². The van der Waals surface area contributed by atoms with Crippen LogP contribution in [-0.2, 0) is 11.2 Å². The Labute approximate surface area is 114 Å². The second-order valence-corrected chi connectivity index (χ2v) is 5.70. The molecule has 0 bridgehead atoms. The summed E-state index contributed by atoms with van der Waals surface area (Å²) in [4.78, 5) is 14.5.